The zero-order chi connectivity index (χ0) is 25.9. The Kier molecular flexibility index (Phi) is 8.32. The minimum atomic E-state index is -4.10. The highest BCUT2D eigenvalue weighted by atomic mass is 32.2. The van der Waals surface area contributed by atoms with Crippen molar-refractivity contribution < 1.29 is 21.6 Å². The quantitative estimate of drug-likeness (QED) is 0.429. The highest BCUT2D eigenvalue weighted by Gasteiger charge is 2.28. The molecule has 1 amide bonds. The van der Waals surface area contributed by atoms with E-state index >= 15 is 0 Å². The number of hydrogen-bond acceptors (Lipinski definition) is 6. The van der Waals surface area contributed by atoms with E-state index in [1.807, 2.05) is 30.3 Å². The number of nitrogens with two attached hydrogens (primary N) is 1. The minimum absolute atomic E-state index is 0.000389. The molecule has 0 spiro atoms. The fraction of sp³-hybridized carbons (Fsp3) is 0.435. The molecule has 5 N–H and O–H groups in total. The molecular weight excluding hydrogens is 476 g/mol. The lowest BCUT2D eigenvalue weighted by molar-refractivity contribution is -0.117. The van der Waals surface area contributed by atoms with Crippen molar-refractivity contribution >= 4 is 31.6 Å². The molecule has 0 heterocycles. The van der Waals surface area contributed by atoms with E-state index in [2.05, 4.69) is 14.8 Å². The lowest BCUT2D eigenvalue weighted by atomic mass is 10.1. The summed E-state index contributed by atoms with van der Waals surface area (Å²) < 4.78 is 56.8. The highest BCUT2D eigenvalue weighted by Crippen LogP contribution is 2.25. The van der Waals surface area contributed by atoms with Gasteiger partial charge in [-0.3, -0.25) is 4.79 Å². The molecule has 0 aliphatic carbocycles. The summed E-state index contributed by atoms with van der Waals surface area (Å²) in [6.45, 7) is 9.99. The van der Waals surface area contributed by atoms with E-state index in [1.165, 1.54) is 12.1 Å². The van der Waals surface area contributed by atoms with Gasteiger partial charge in [0.2, 0.25) is 26.0 Å². The van der Waals surface area contributed by atoms with Crippen molar-refractivity contribution in [2.24, 2.45) is 5.73 Å². The van der Waals surface area contributed by atoms with Crippen LogP contribution in [0.2, 0.25) is 0 Å². The number of nitrogens with one attached hydrogen (secondary N) is 3. The summed E-state index contributed by atoms with van der Waals surface area (Å²) in [6.07, 6.45) is 0.257. The Hall–Kier alpha value is -2.31. The van der Waals surface area contributed by atoms with Gasteiger partial charge in [0.1, 0.15) is 0 Å². The first kappa shape index (κ1) is 27.9. The first-order chi connectivity index (χ1) is 15.4. The molecule has 0 aliphatic rings. The lowest BCUT2D eigenvalue weighted by Crippen LogP contribution is -2.41. The number of benzene rings is 2. The second kappa shape index (κ2) is 10.1. The number of hydrogen-bond donors (Lipinski definition) is 4. The van der Waals surface area contributed by atoms with Crippen LogP contribution in [0.15, 0.2) is 58.3 Å². The molecule has 0 saturated heterocycles. The van der Waals surface area contributed by atoms with Gasteiger partial charge in [0.15, 0.2) is 0 Å². The van der Waals surface area contributed by atoms with Gasteiger partial charge in [-0.05, 0) is 71.7 Å². The van der Waals surface area contributed by atoms with E-state index in [1.54, 1.807) is 41.5 Å². The molecule has 0 bridgehead atoms. The van der Waals surface area contributed by atoms with E-state index in [9.17, 15) is 21.6 Å². The number of amides is 1. The smallest absolute Gasteiger partial charge is 0.241 e. The summed E-state index contributed by atoms with van der Waals surface area (Å²) in [7, 11) is -8.19. The van der Waals surface area contributed by atoms with Crippen LogP contribution in [0.3, 0.4) is 0 Å². The highest BCUT2D eigenvalue weighted by molar-refractivity contribution is 7.90. The maximum atomic E-state index is 13.0. The topological polar surface area (TPSA) is 147 Å². The Balaban J connectivity index is 2.47. The molecule has 9 nitrogen and oxygen atoms in total. The van der Waals surface area contributed by atoms with E-state index in [4.69, 9.17) is 5.73 Å². The zero-order valence-electron chi connectivity index (χ0n) is 20.3. The SMILES string of the molecule is CC(C)(C)NS(=O)(=O)c1cc(NC(=O)[C@@H](N)Cc2ccccc2)cc(S(=O)(=O)NC(C)(C)C)c1. The van der Waals surface area contributed by atoms with Crippen LogP contribution in [-0.2, 0) is 31.3 Å². The van der Waals surface area contributed by atoms with Gasteiger partial charge < -0.3 is 11.1 Å². The number of carbonyl (C=O) groups is 1. The van der Waals surface area contributed by atoms with Crippen molar-refractivity contribution in [3.63, 3.8) is 0 Å². The van der Waals surface area contributed by atoms with Gasteiger partial charge in [-0.15, -0.1) is 0 Å². The molecule has 1 atom stereocenters. The second-order valence-corrected chi connectivity index (χ2v) is 13.6. The van der Waals surface area contributed by atoms with Gasteiger partial charge in [-0.1, -0.05) is 30.3 Å². The Bertz CT molecular complexity index is 1170. The van der Waals surface area contributed by atoms with Gasteiger partial charge >= 0.3 is 0 Å². The van der Waals surface area contributed by atoms with Crippen LogP contribution in [0, 0.1) is 0 Å². The number of sulfonamides is 2. The maximum Gasteiger partial charge on any atom is 0.241 e. The first-order valence-electron chi connectivity index (χ1n) is 10.7. The average molecular weight is 511 g/mol. The largest absolute Gasteiger partial charge is 0.325 e. The summed E-state index contributed by atoms with van der Waals surface area (Å²) in [5.41, 5.74) is 5.28. The van der Waals surface area contributed by atoms with Crippen LogP contribution < -0.4 is 20.5 Å². The molecule has 11 heteroatoms. The van der Waals surface area contributed by atoms with E-state index < -0.39 is 43.1 Å². The van der Waals surface area contributed by atoms with Gasteiger partial charge in [-0.25, -0.2) is 26.3 Å². The molecule has 188 valence electrons. The summed E-state index contributed by atoms with van der Waals surface area (Å²) >= 11 is 0. The third-order valence-corrected chi connectivity index (χ3v) is 7.76. The summed E-state index contributed by atoms with van der Waals surface area (Å²) in [5.74, 6) is -0.575. The van der Waals surface area contributed by atoms with E-state index in [0.29, 0.717) is 0 Å². The second-order valence-electron chi connectivity index (χ2n) is 10.2. The lowest BCUT2D eigenvalue weighted by Gasteiger charge is -2.23. The van der Waals surface area contributed by atoms with Crippen molar-refractivity contribution in [3.8, 4) is 0 Å². The summed E-state index contributed by atoms with van der Waals surface area (Å²) in [4.78, 5) is 12.1. The molecular formula is C23H34N4O5S2. The standard InChI is InChI=1S/C23H34N4O5S2/c1-22(2,3)26-33(29,30)18-13-17(14-19(15-18)34(31,32)27-23(4,5)6)25-21(28)20(24)12-16-10-8-7-9-11-16/h7-11,13-15,20,26-27H,12,24H2,1-6H3,(H,25,28)/t20-/m0/s1. The van der Waals surface area contributed by atoms with Crippen LogP contribution >= 0.6 is 0 Å². The predicted octanol–water partition coefficient (Wildman–Crippen LogP) is 2.35. The fourth-order valence-electron chi connectivity index (χ4n) is 3.07. The number of carbonyl (C=O) groups excluding carboxylic acids is 1. The molecule has 34 heavy (non-hydrogen) atoms. The van der Waals surface area contributed by atoms with Crippen LogP contribution in [0.25, 0.3) is 0 Å². The average Bonchev–Trinajstić information content (AvgIpc) is 2.64. The number of anilines is 1. The predicted molar refractivity (Wildman–Crippen MR) is 133 cm³/mol. The Morgan fingerprint density at radius 1 is 0.824 bits per heavy atom. The molecule has 0 unspecified atom stereocenters. The third-order valence-electron chi connectivity index (χ3n) is 4.28. The monoisotopic (exact) mass is 510 g/mol. The first-order valence-corrected chi connectivity index (χ1v) is 13.7. The van der Waals surface area contributed by atoms with Gasteiger partial charge in [0, 0.05) is 16.8 Å². The van der Waals surface area contributed by atoms with Gasteiger partial charge in [0.25, 0.3) is 0 Å². The molecule has 0 radical (unpaired) electrons. The normalized spacial score (nSPS) is 14.0. The van der Waals surface area contributed by atoms with Gasteiger partial charge in [-0.2, -0.15) is 0 Å². The number of rotatable bonds is 8. The molecule has 0 fully saturated rings. The Morgan fingerprint density at radius 2 is 1.26 bits per heavy atom. The van der Waals surface area contributed by atoms with Crippen LogP contribution in [-0.4, -0.2) is 39.9 Å². The van der Waals surface area contributed by atoms with Crippen molar-refractivity contribution in [2.45, 2.75) is 74.9 Å². The molecule has 0 aromatic heterocycles. The fourth-order valence-corrected chi connectivity index (χ4v) is 6.13. The maximum absolute atomic E-state index is 13.0. The van der Waals surface area contributed by atoms with Crippen molar-refractivity contribution in [1.29, 1.82) is 0 Å². The van der Waals surface area contributed by atoms with Crippen molar-refractivity contribution in [3.05, 3.63) is 54.1 Å². The molecule has 2 aromatic rings. The Morgan fingerprint density at radius 3 is 1.68 bits per heavy atom. The van der Waals surface area contributed by atoms with Crippen LogP contribution in [0.4, 0.5) is 5.69 Å². The van der Waals surface area contributed by atoms with Crippen LogP contribution in [0.5, 0.6) is 0 Å². The minimum Gasteiger partial charge on any atom is -0.325 e. The summed E-state index contributed by atoms with van der Waals surface area (Å²) in [5, 5.41) is 2.56. The van der Waals surface area contributed by atoms with E-state index in [0.717, 1.165) is 11.6 Å². The molecule has 0 saturated carbocycles. The van der Waals surface area contributed by atoms with Crippen molar-refractivity contribution in [1.82, 2.24) is 9.44 Å². The van der Waals surface area contributed by atoms with Crippen LogP contribution in [0.1, 0.15) is 47.1 Å². The van der Waals surface area contributed by atoms with Crippen molar-refractivity contribution in [2.75, 3.05) is 5.32 Å². The molecule has 0 aliphatic heterocycles. The summed E-state index contributed by atoms with van der Waals surface area (Å²) in [6, 6.07) is 11.7. The Labute approximate surface area is 202 Å². The zero-order valence-corrected chi connectivity index (χ0v) is 22.0. The molecule has 2 rings (SSSR count). The third kappa shape index (κ3) is 8.48. The molecule has 2 aromatic carbocycles. The van der Waals surface area contributed by atoms with E-state index in [-0.39, 0.29) is 21.9 Å². The van der Waals surface area contributed by atoms with Gasteiger partial charge in [0.05, 0.1) is 15.8 Å².